The molecule has 2 aromatic rings. The molecule has 1 aromatic heterocycles. The zero-order valence-electron chi connectivity index (χ0n) is 15.1. The van der Waals surface area contributed by atoms with E-state index in [2.05, 4.69) is 25.8 Å². The number of nitrogens with zero attached hydrogens (tertiary/aromatic N) is 2. The van der Waals surface area contributed by atoms with Crippen LogP contribution >= 0.6 is 0 Å². The molecule has 1 saturated carbocycles. The van der Waals surface area contributed by atoms with Gasteiger partial charge in [0, 0.05) is 36.7 Å². The zero-order valence-corrected chi connectivity index (χ0v) is 15.1. The molecule has 27 heavy (non-hydrogen) atoms. The van der Waals surface area contributed by atoms with Crippen molar-refractivity contribution in [3.63, 3.8) is 0 Å². The number of rotatable bonds is 5. The third-order valence-corrected chi connectivity index (χ3v) is 4.75. The van der Waals surface area contributed by atoms with Gasteiger partial charge in [0.15, 0.2) is 0 Å². The smallest absolute Gasteiger partial charge is 0.319 e. The minimum absolute atomic E-state index is 0.183. The van der Waals surface area contributed by atoms with E-state index in [-0.39, 0.29) is 11.9 Å². The number of carbonyl (C=O) groups is 2. The Kier molecular flexibility index (Phi) is 4.91. The predicted octanol–water partition coefficient (Wildman–Crippen LogP) is 3.22. The first-order valence-electron chi connectivity index (χ1n) is 9.38. The molecule has 3 N–H and O–H groups in total. The van der Waals surface area contributed by atoms with E-state index in [0.29, 0.717) is 23.0 Å². The van der Waals surface area contributed by atoms with Gasteiger partial charge < -0.3 is 20.9 Å². The molecule has 140 valence electrons. The number of hydrogen-bond acceptors (Lipinski definition) is 4. The highest BCUT2D eigenvalue weighted by Gasteiger charge is 2.23. The Balaban J connectivity index is 1.40. The summed E-state index contributed by atoms with van der Waals surface area (Å²) in [6.45, 7) is 1.86. The summed E-state index contributed by atoms with van der Waals surface area (Å²) in [6.07, 6.45) is 6.07. The van der Waals surface area contributed by atoms with Gasteiger partial charge in [0.05, 0.1) is 5.56 Å². The van der Waals surface area contributed by atoms with E-state index in [0.717, 1.165) is 44.6 Å². The van der Waals surface area contributed by atoms with Gasteiger partial charge in [0.1, 0.15) is 5.82 Å². The minimum Gasteiger partial charge on any atom is -0.356 e. The number of amides is 3. The second-order valence-corrected chi connectivity index (χ2v) is 6.97. The average Bonchev–Trinajstić information content (AvgIpc) is 3.32. The number of pyridine rings is 1. The Bertz CT molecular complexity index is 827. The van der Waals surface area contributed by atoms with Crippen LogP contribution in [-0.4, -0.2) is 36.1 Å². The van der Waals surface area contributed by atoms with E-state index in [4.69, 9.17) is 0 Å². The molecule has 7 heteroatoms. The lowest BCUT2D eigenvalue weighted by Gasteiger charge is -2.19. The molecular weight excluding hydrogens is 342 g/mol. The number of aromatic nitrogens is 1. The van der Waals surface area contributed by atoms with Gasteiger partial charge in [-0.25, -0.2) is 9.78 Å². The molecule has 0 spiro atoms. The molecule has 4 rings (SSSR count). The van der Waals surface area contributed by atoms with Crippen LogP contribution in [0.2, 0.25) is 0 Å². The van der Waals surface area contributed by atoms with Crippen LogP contribution in [0.15, 0.2) is 42.6 Å². The van der Waals surface area contributed by atoms with Crippen molar-refractivity contribution >= 4 is 29.1 Å². The van der Waals surface area contributed by atoms with Gasteiger partial charge in [-0.15, -0.1) is 0 Å². The molecule has 2 fully saturated rings. The van der Waals surface area contributed by atoms with Crippen LogP contribution in [-0.2, 0) is 0 Å². The van der Waals surface area contributed by atoms with Crippen molar-refractivity contribution in [2.75, 3.05) is 28.6 Å². The predicted molar refractivity (Wildman–Crippen MR) is 105 cm³/mol. The second kappa shape index (κ2) is 7.65. The molecule has 1 aliphatic carbocycles. The quantitative estimate of drug-likeness (QED) is 0.759. The minimum atomic E-state index is -0.195. The van der Waals surface area contributed by atoms with Gasteiger partial charge in [-0.2, -0.15) is 0 Å². The molecule has 2 aliphatic rings. The topological polar surface area (TPSA) is 86.4 Å². The van der Waals surface area contributed by atoms with Crippen LogP contribution in [0, 0.1) is 0 Å². The summed E-state index contributed by atoms with van der Waals surface area (Å²) in [5.41, 5.74) is 1.93. The number of anilines is 3. The molecule has 2 heterocycles. The van der Waals surface area contributed by atoms with Crippen molar-refractivity contribution in [3.8, 4) is 0 Å². The van der Waals surface area contributed by atoms with E-state index in [1.165, 1.54) is 0 Å². The molecule has 0 atom stereocenters. The average molecular weight is 365 g/mol. The maximum Gasteiger partial charge on any atom is 0.319 e. The van der Waals surface area contributed by atoms with E-state index >= 15 is 0 Å². The molecular formula is C20H23N5O2. The lowest BCUT2D eigenvalue weighted by Crippen LogP contribution is -2.30. The summed E-state index contributed by atoms with van der Waals surface area (Å²) < 4.78 is 0. The first kappa shape index (κ1) is 17.3. The fourth-order valence-electron chi connectivity index (χ4n) is 3.17. The Morgan fingerprint density at radius 2 is 1.63 bits per heavy atom. The number of carbonyl (C=O) groups excluding carboxylic acids is 2. The largest absolute Gasteiger partial charge is 0.356 e. The summed E-state index contributed by atoms with van der Waals surface area (Å²) >= 11 is 0. The van der Waals surface area contributed by atoms with E-state index < -0.39 is 0 Å². The number of nitrogens with one attached hydrogen (secondary N) is 3. The van der Waals surface area contributed by atoms with E-state index in [1.54, 1.807) is 42.6 Å². The summed E-state index contributed by atoms with van der Waals surface area (Å²) in [5, 5.41) is 8.58. The second-order valence-electron chi connectivity index (χ2n) is 6.97. The summed E-state index contributed by atoms with van der Waals surface area (Å²) in [7, 11) is 0. The molecule has 0 unspecified atom stereocenters. The zero-order chi connectivity index (χ0) is 18.6. The van der Waals surface area contributed by atoms with Crippen LogP contribution in [0.1, 0.15) is 36.0 Å². The number of hydrogen-bond donors (Lipinski definition) is 3. The highest BCUT2D eigenvalue weighted by atomic mass is 16.2. The lowest BCUT2D eigenvalue weighted by molar-refractivity contribution is 0.102. The van der Waals surface area contributed by atoms with E-state index in [1.807, 2.05) is 0 Å². The molecule has 7 nitrogen and oxygen atoms in total. The normalized spacial score (nSPS) is 16.1. The van der Waals surface area contributed by atoms with Crippen molar-refractivity contribution in [3.05, 3.63) is 48.2 Å². The monoisotopic (exact) mass is 365 g/mol. The van der Waals surface area contributed by atoms with Gasteiger partial charge in [-0.05, 0) is 62.1 Å². The lowest BCUT2D eigenvalue weighted by atomic mass is 10.2. The van der Waals surface area contributed by atoms with Crippen molar-refractivity contribution in [2.45, 2.75) is 31.7 Å². The first-order chi connectivity index (χ1) is 13.2. The van der Waals surface area contributed by atoms with Crippen LogP contribution in [0.4, 0.5) is 22.0 Å². The van der Waals surface area contributed by atoms with Crippen molar-refractivity contribution in [1.29, 1.82) is 0 Å². The molecule has 0 bridgehead atoms. The van der Waals surface area contributed by atoms with Crippen molar-refractivity contribution in [1.82, 2.24) is 10.3 Å². The SMILES string of the molecule is O=C(Nc1ccc(NC(=O)c2cccnc2N2CCCC2)cc1)NC1CC1. The first-order valence-corrected chi connectivity index (χ1v) is 9.38. The molecule has 1 aliphatic heterocycles. The Labute approximate surface area is 158 Å². The fraction of sp³-hybridized carbons (Fsp3) is 0.350. The van der Waals surface area contributed by atoms with Gasteiger partial charge in [0.25, 0.3) is 5.91 Å². The van der Waals surface area contributed by atoms with Crippen molar-refractivity contribution in [2.24, 2.45) is 0 Å². The molecule has 3 amide bonds. The number of urea groups is 1. The maximum absolute atomic E-state index is 12.7. The standard InChI is InChI=1S/C20H23N5O2/c26-19(17-4-3-11-21-18(17)25-12-1-2-13-25)22-14-5-7-15(8-6-14)23-20(27)24-16-9-10-16/h3-8,11,16H,1-2,9-10,12-13H2,(H,22,26)(H2,23,24,27). The Morgan fingerprint density at radius 1 is 0.963 bits per heavy atom. The van der Waals surface area contributed by atoms with Crippen LogP contribution in [0.5, 0.6) is 0 Å². The van der Waals surface area contributed by atoms with Crippen molar-refractivity contribution < 1.29 is 9.59 Å². The Hall–Kier alpha value is -3.09. The van der Waals surface area contributed by atoms with Gasteiger partial charge >= 0.3 is 6.03 Å². The van der Waals surface area contributed by atoms with E-state index in [9.17, 15) is 9.59 Å². The van der Waals surface area contributed by atoms with Crippen LogP contribution < -0.4 is 20.9 Å². The highest BCUT2D eigenvalue weighted by molar-refractivity contribution is 6.07. The maximum atomic E-state index is 12.7. The Morgan fingerprint density at radius 3 is 2.30 bits per heavy atom. The molecule has 1 aromatic carbocycles. The van der Waals surface area contributed by atoms with Gasteiger partial charge in [-0.3, -0.25) is 4.79 Å². The molecule has 0 radical (unpaired) electrons. The third-order valence-electron chi connectivity index (χ3n) is 4.75. The van der Waals surface area contributed by atoms with Gasteiger partial charge in [-0.1, -0.05) is 0 Å². The summed E-state index contributed by atoms with van der Waals surface area (Å²) in [4.78, 5) is 31.1. The summed E-state index contributed by atoms with van der Waals surface area (Å²) in [5.74, 6) is 0.555. The van der Waals surface area contributed by atoms with Crippen LogP contribution in [0.25, 0.3) is 0 Å². The van der Waals surface area contributed by atoms with Crippen LogP contribution in [0.3, 0.4) is 0 Å². The fourth-order valence-corrected chi connectivity index (χ4v) is 3.17. The number of benzene rings is 1. The molecule has 1 saturated heterocycles. The van der Waals surface area contributed by atoms with Gasteiger partial charge in [0.2, 0.25) is 0 Å². The summed E-state index contributed by atoms with van der Waals surface area (Å²) in [6, 6.07) is 10.8. The third kappa shape index (κ3) is 4.36. The highest BCUT2D eigenvalue weighted by Crippen LogP contribution is 2.23.